The van der Waals surface area contributed by atoms with Gasteiger partial charge >= 0.3 is 0 Å². The number of nitrogens with one attached hydrogen (secondary N) is 2. The summed E-state index contributed by atoms with van der Waals surface area (Å²) in [6.45, 7) is 3.63. The third-order valence-corrected chi connectivity index (χ3v) is 5.70. The number of benzene rings is 1. The normalized spacial score (nSPS) is 21.0. The number of hydrogen-bond donors (Lipinski definition) is 2. The molecule has 1 aromatic rings. The van der Waals surface area contributed by atoms with Crippen LogP contribution in [0.5, 0.6) is 0 Å². The van der Waals surface area contributed by atoms with E-state index in [2.05, 4.69) is 21.5 Å². The van der Waals surface area contributed by atoms with E-state index in [1.165, 1.54) is 18.2 Å². The van der Waals surface area contributed by atoms with Crippen molar-refractivity contribution in [1.29, 1.82) is 0 Å². The maximum absolute atomic E-state index is 12.5. The molecule has 2 N–H and O–H groups in total. The molecule has 2 atom stereocenters. The molecule has 0 bridgehead atoms. The van der Waals surface area contributed by atoms with Crippen molar-refractivity contribution in [2.24, 2.45) is 0 Å². The lowest BCUT2D eigenvalue weighted by Gasteiger charge is -2.27. The fraction of sp³-hybridized carbons (Fsp3) is 0.471. The second-order valence-electron chi connectivity index (χ2n) is 6.21. The van der Waals surface area contributed by atoms with E-state index in [-0.39, 0.29) is 23.4 Å². The fourth-order valence-electron chi connectivity index (χ4n) is 3.04. The predicted octanol–water partition coefficient (Wildman–Crippen LogP) is 1.36. The average molecular weight is 351 g/mol. The molecule has 1 amide bonds. The highest BCUT2D eigenvalue weighted by atomic mass is 32.2. The van der Waals surface area contributed by atoms with Gasteiger partial charge in [-0.3, -0.25) is 4.79 Å². The zero-order valence-corrected chi connectivity index (χ0v) is 15.0. The van der Waals surface area contributed by atoms with E-state index < -0.39 is 10.0 Å². The summed E-state index contributed by atoms with van der Waals surface area (Å²) in [6, 6.07) is 6.49. The number of sulfonamides is 1. The standard InChI is InChI=1S/C17H25N3O3S/c1-4-11-18-24(22,23)14-8-5-7-13(12-14)17(21)19-15-9-6-10-16(15)20(2)3/h4-5,7-8,12,15-16,18H,1,6,9-11H2,2-3H3,(H,19,21)/t15-,16+/m1/s1. The minimum Gasteiger partial charge on any atom is -0.348 e. The zero-order chi connectivity index (χ0) is 17.7. The van der Waals surface area contributed by atoms with E-state index >= 15 is 0 Å². The Bertz CT molecular complexity index is 701. The molecule has 0 unspecified atom stereocenters. The van der Waals surface area contributed by atoms with E-state index in [9.17, 15) is 13.2 Å². The predicted molar refractivity (Wildman–Crippen MR) is 94.4 cm³/mol. The highest BCUT2D eigenvalue weighted by Crippen LogP contribution is 2.23. The molecule has 7 heteroatoms. The van der Waals surface area contributed by atoms with Crippen LogP contribution in [-0.2, 0) is 10.0 Å². The number of carbonyl (C=O) groups is 1. The summed E-state index contributed by atoms with van der Waals surface area (Å²) in [5.41, 5.74) is 0.348. The van der Waals surface area contributed by atoms with Crippen LogP contribution in [0.2, 0.25) is 0 Å². The molecule has 0 aromatic heterocycles. The van der Waals surface area contributed by atoms with Crippen LogP contribution in [0.25, 0.3) is 0 Å². The second kappa shape index (κ2) is 7.92. The fourth-order valence-corrected chi connectivity index (χ4v) is 4.08. The van der Waals surface area contributed by atoms with Gasteiger partial charge in [-0.1, -0.05) is 12.1 Å². The first-order chi connectivity index (χ1) is 11.3. The number of likely N-dealkylation sites (N-methyl/N-ethyl adjacent to an activating group) is 1. The minimum absolute atomic E-state index is 0.0765. The van der Waals surface area contributed by atoms with E-state index in [0.717, 1.165) is 19.3 Å². The SMILES string of the molecule is C=CCNS(=O)(=O)c1cccc(C(=O)N[C@@H]2CCC[C@@H]2N(C)C)c1. The quantitative estimate of drug-likeness (QED) is 0.727. The topological polar surface area (TPSA) is 78.5 Å². The Morgan fingerprint density at radius 3 is 2.79 bits per heavy atom. The molecule has 1 aliphatic carbocycles. The lowest BCUT2D eigenvalue weighted by Crippen LogP contribution is -2.46. The van der Waals surface area contributed by atoms with Crippen molar-refractivity contribution in [3.05, 3.63) is 42.5 Å². The van der Waals surface area contributed by atoms with Crippen LogP contribution in [0.1, 0.15) is 29.6 Å². The Morgan fingerprint density at radius 2 is 2.12 bits per heavy atom. The number of carbonyl (C=O) groups excluding carboxylic acids is 1. The Morgan fingerprint density at radius 1 is 1.38 bits per heavy atom. The van der Waals surface area contributed by atoms with Crippen molar-refractivity contribution in [3.63, 3.8) is 0 Å². The van der Waals surface area contributed by atoms with Crippen molar-refractivity contribution < 1.29 is 13.2 Å². The van der Waals surface area contributed by atoms with Crippen LogP contribution < -0.4 is 10.0 Å². The Balaban J connectivity index is 2.13. The molecular weight excluding hydrogens is 326 g/mol. The van der Waals surface area contributed by atoms with Crippen molar-refractivity contribution in [2.45, 2.75) is 36.2 Å². The van der Waals surface area contributed by atoms with Crippen LogP contribution in [0.4, 0.5) is 0 Å². The van der Waals surface area contributed by atoms with Gasteiger partial charge in [0.15, 0.2) is 0 Å². The summed E-state index contributed by atoms with van der Waals surface area (Å²) in [5.74, 6) is -0.241. The van der Waals surface area contributed by atoms with Crippen molar-refractivity contribution in [2.75, 3.05) is 20.6 Å². The number of hydrogen-bond acceptors (Lipinski definition) is 4. The van der Waals surface area contributed by atoms with Gasteiger partial charge in [0.25, 0.3) is 5.91 Å². The first-order valence-electron chi connectivity index (χ1n) is 8.03. The van der Waals surface area contributed by atoms with Crippen molar-refractivity contribution in [1.82, 2.24) is 14.9 Å². The maximum Gasteiger partial charge on any atom is 0.251 e. The number of rotatable bonds is 7. The van der Waals surface area contributed by atoms with Crippen LogP contribution in [0.3, 0.4) is 0 Å². The molecule has 0 radical (unpaired) electrons. The van der Waals surface area contributed by atoms with Gasteiger partial charge in [0.1, 0.15) is 0 Å². The summed E-state index contributed by atoms with van der Waals surface area (Å²) in [6.07, 6.45) is 4.54. The van der Waals surface area contributed by atoms with Gasteiger partial charge in [0.2, 0.25) is 10.0 Å². The highest BCUT2D eigenvalue weighted by Gasteiger charge is 2.30. The lowest BCUT2D eigenvalue weighted by atomic mass is 10.1. The van der Waals surface area contributed by atoms with Gasteiger partial charge in [0, 0.05) is 24.2 Å². The molecule has 1 aliphatic rings. The summed E-state index contributed by atoms with van der Waals surface area (Å²) in [7, 11) is 0.376. The van der Waals surface area contributed by atoms with Crippen molar-refractivity contribution >= 4 is 15.9 Å². The van der Waals surface area contributed by atoms with Crippen LogP contribution in [0, 0.1) is 0 Å². The molecular formula is C17H25N3O3S. The lowest BCUT2D eigenvalue weighted by molar-refractivity contribution is 0.0919. The summed E-state index contributed by atoms with van der Waals surface area (Å²) in [5, 5.41) is 3.04. The molecule has 24 heavy (non-hydrogen) atoms. The van der Waals surface area contributed by atoms with Crippen LogP contribution in [-0.4, -0.2) is 51.9 Å². The molecule has 1 saturated carbocycles. The molecule has 6 nitrogen and oxygen atoms in total. The third kappa shape index (κ3) is 4.43. The van der Waals surface area contributed by atoms with Crippen LogP contribution >= 0.6 is 0 Å². The van der Waals surface area contributed by atoms with Crippen molar-refractivity contribution in [3.8, 4) is 0 Å². The summed E-state index contributed by atoms with van der Waals surface area (Å²) < 4.78 is 26.7. The van der Waals surface area contributed by atoms with Gasteiger partial charge in [0.05, 0.1) is 4.90 Å². The molecule has 2 rings (SSSR count). The van der Waals surface area contributed by atoms with Crippen LogP contribution in [0.15, 0.2) is 41.8 Å². The van der Waals surface area contributed by atoms with Gasteiger partial charge in [-0.25, -0.2) is 13.1 Å². The first kappa shape index (κ1) is 18.6. The van der Waals surface area contributed by atoms with E-state index in [1.807, 2.05) is 14.1 Å². The Labute approximate surface area is 144 Å². The van der Waals surface area contributed by atoms with E-state index in [4.69, 9.17) is 0 Å². The Hall–Kier alpha value is -1.70. The third-order valence-electron chi connectivity index (χ3n) is 4.28. The second-order valence-corrected chi connectivity index (χ2v) is 7.98. The monoisotopic (exact) mass is 351 g/mol. The van der Waals surface area contributed by atoms with Gasteiger partial charge in [-0.15, -0.1) is 6.58 Å². The highest BCUT2D eigenvalue weighted by molar-refractivity contribution is 7.89. The Kier molecular flexibility index (Phi) is 6.15. The number of nitrogens with zero attached hydrogens (tertiary/aromatic N) is 1. The molecule has 1 fully saturated rings. The maximum atomic E-state index is 12.5. The minimum atomic E-state index is -3.64. The molecule has 1 aromatic carbocycles. The van der Waals surface area contributed by atoms with Gasteiger partial charge in [-0.05, 0) is 51.6 Å². The largest absolute Gasteiger partial charge is 0.348 e. The molecule has 0 saturated heterocycles. The van der Waals surface area contributed by atoms with Gasteiger partial charge in [-0.2, -0.15) is 0 Å². The molecule has 132 valence electrons. The smallest absolute Gasteiger partial charge is 0.251 e. The van der Waals surface area contributed by atoms with E-state index in [0.29, 0.717) is 11.6 Å². The molecule has 0 heterocycles. The average Bonchev–Trinajstić information content (AvgIpc) is 3.01. The molecule has 0 aliphatic heterocycles. The molecule has 0 spiro atoms. The number of amides is 1. The first-order valence-corrected chi connectivity index (χ1v) is 9.51. The van der Waals surface area contributed by atoms with E-state index in [1.54, 1.807) is 12.1 Å². The zero-order valence-electron chi connectivity index (χ0n) is 14.2. The summed E-state index contributed by atoms with van der Waals surface area (Å²) in [4.78, 5) is 14.7. The summed E-state index contributed by atoms with van der Waals surface area (Å²) >= 11 is 0. The van der Waals surface area contributed by atoms with Gasteiger partial charge < -0.3 is 10.2 Å².